The zero-order valence-corrected chi connectivity index (χ0v) is 14.4. The second-order valence-corrected chi connectivity index (χ2v) is 6.67. The van der Waals surface area contributed by atoms with Crippen LogP contribution in [0.1, 0.15) is 32.4 Å². The number of nitrogens with zero attached hydrogens (tertiary/aromatic N) is 2. The lowest BCUT2D eigenvalue weighted by molar-refractivity contribution is -0.137. The van der Waals surface area contributed by atoms with Crippen LogP contribution in [0.3, 0.4) is 0 Å². The van der Waals surface area contributed by atoms with Crippen LogP contribution in [-0.4, -0.2) is 47.9 Å². The molecule has 1 fully saturated rings. The van der Waals surface area contributed by atoms with Gasteiger partial charge in [-0.1, -0.05) is 30.7 Å². The van der Waals surface area contributed by atoms with Crippen LogP contribution in [0.25, 0.3) is 0 Å². The number of carbonyl (C=O) groups excluding carboxylic acids is 1. The van der Waals surface area contributed by atoms with E-state index < -0.39 is 0 Å². The summed E-state index contributed by atoms with van der Waals surface area (Å²) in [5.41, 5.74) is 7.10. The monoisotopic (exact) mass is 323 g/mol. The van der Waals surface area contributed by atoms with Crippen LogP contribution >= 0.6 is 11.6 Å². The first-order valence-corrected chi connectivity index (χ1v) is 8.32. The summed E-state index contributed by atoms with van der Waals surface area (Å²) in [5.74, 6) is 0.0639. The molecular formula is C17H26ClN3O. The van der Waals surface area contributed by atoms with Crippen LogP contribution in [0.4, 0.5) is 0 Å². The van der Waals surface area contributed by atoms with Gasteiger partial charge in [0.1, 0.15) is 0 Å². The molecule has 2 rings (SSSR count). The Hall–Kier alpha value is -1.10. The van der Waals surface area contributed by atoms with Crippen molar-refractivity contribution in [2.24, 2.45) is 11.7 Å². The summed E-state index contributed by atoms with van der Waals surface area (Å²) in [5, 5.41) is 0.760. The van der Waals surface area contributed by atoms with E-state index in [1.807, 2.05) is 30.9 Å². The minimum atomic E-state index is -0.111. The van der Waals surface area contributed by atoms with Gasteiger partial charge in [0.05, 0.1) is 5.92 Å². The number of hydrogen-bond donors (Lipinski definition) is 1. The second-order valence-electron chi connectivity index (χ2n) is 6.24. The van der Waals surface area contributed by atoms with Gasteiger partial charge in [-0.05, 0) is 31.5 Å². The Kier molecular flexibility index (Phi) is 5.84. The minimum Gasteiger partial charge on any atom is -0.340 e. The largest absolute Gasteiger partial charge is 0.340 e. The van der Waals surface area contributed by atoms with E-state index in [1.165, 1.54) is 5.56 Å². The molecule has 0 aromatic heterocycles. The molecule has 3 atom stereocenters. The predicted molar refractivity (Wildman–Crippen MR) is 90.8 cm³/mol. The van der Waals surface area contributed by atoms with Gasteiger partial charge >= 0.3 is 0 Å². The van der Waals surface area contributed by atoms with Crippen molar-refractivity contribution in [1.29, 1.82) is 0 Å². The summed E-state index contributed by atoms with van der Waals surface area (Å²) in [6.45, 7) is 9.33. The van der Waals surface area contributed by atoms with Gasteiger partial charge in [0.2, 0.25) is 5.91 Å². The summed E-state index contributed by atoms with van der Waals surface area (Å²) in [6, 6.07) is 8.24. The van der Waals surface area contributed by atoms with E-state index in [1.54, 1.807) is 0 Å². The number of carbonyl (C=O) groups is 1. The molecule has 22 heavy (non-hydrogen) atoms. The van der Waals surface area contributed by atoms with Gasteiger partial charge in [-0.3, -0.25) is 9.69 Å². The first-order chi connectivity index (χ1) is 10.4. The van der Waals surface area contributed by atoms with Crippen molar-refractivity contribution in [2.75, 3.05) is 26.2 Å². The Bertz CT molecular complexity index is 495. The first kappa shape index (κ1) is 17.3. The molecule has 1 saturated heterocycles. The molecule has 0 radical (unpaired) electrons. The number of hydrogen-bond acceptors (Lipinski definition) is 3. The van der Waals surface area contributed by atoms with Crippen molar-refractivity contribution < 1.29 is 4.79 Å². The molecule has 1 aromatic carbocycles. The molecular weight excluding hydrogens is 298 g/mol. The van der Waals surface area contributed by atoms with Crippen molar-refractivity contribution in [3.05, 3.63) is 34.9 Å². The van der Waals surface area contributed by atoms with Crippen molar-refractivity contribution in [1.82, 2.24) is 9.80 Å². The number of piperazine rings is 1. The van der Waals surface area contributed by atoms with Crippen molar-refractivity contribution >= 4 is 17.5 Å². The normalized spacial score (nSPS) is 20.5. The number of rotatable bonds is 4. The molecule has 1 aliphatic heterocycles. The molecule has 0 saturated carbocycles. The highest BCUT2D eigenvalue weighted by Crippen LogP contribution is 2.23. The molecule has 5 heteroatoms. The van der Waals surface area contributed by atoms with E-state index in [0.29, 0.717) is 6.04 Å². The Morgan fingerprint density at radius 2 is 1.64 bits per heavy atom. The average molecular weight is 324 g/mol. The smallest absolute Gasteiger partial charge is 0.227 e. The van der Waals surface area contributed by atoms with Crippen molar-refractivity contribution in [2.45, 2.75) is 32.9 Å². The molecule has 0 bridgehead atoms. The first-order valence-electron chi connectivity index (χ1n) is 7.94. The highest BCUT2D eigenvalue weighted by Gasteiger charge is 2.28. The number of halogens is 1. The van der Waals surface area contributed by atoms with E-state index in [4.69, 9.17) is 17.3 Å². The Balaban J connectivity index is 1.91. The molecule has 1 aliphatic rings. The predicted octanol–water partition coefficient (Wildman–Crippen LogP) is 2.53. The van der Waals surface area contributed by atoms with E-state index in [2.05, 4.69) is 24.0 Å². The van der Waals surface area contributed by atoms with Crippen LogP contribution in [-0.2, 0) is 4.79 Å². The second kappa shape index (κ2) is 7.44. The van der Waals surface area contributed by atoms with E-state index in [-0.39, 0.29) is 17.9 Å². The van der Waals surface area contributed by atoms with Gasteiger partial charge in [0.15, 0.2) is 0 Å². The lowest BCUT2D eigenvalue weighted by Crippen LogP contribution is -2.52. The molecule has 4 nitrogen and oxygen atoms in total. The summed E-state index contributed by atoms with van der Waals surface area (Å²) < 4.78 is 0. The van der Waals surface area contributed by atoms with Crippen LogP contribution in [0, 0.1) is 5.92 Å². The molecule has 3 unspecified atom stereocenters. The molecule has 122 valence electrons. The zero-order valence-electron chi connectivity index (χ0n) is 13.6. The van der Waals surface area contributed by atoms with Gasteiger partial charge in [-0.25, -0.2) is 0 Å². The van der Waals surface area contributed by atoms with Gasteiger partial charge in [-0.2, -0.15) is 0 Å². The van der Waals surface area contributed by atoms with Crippen LogP contribution in [0.2, 0.25) is 5.02 Å². The summed E-state index contributed by atoms with van der Waals surface area (Å²) in [6.07, 6.45) is 0. The van der Waals surface area contributed by atoms with Crippen LogP contribution in [0.15, 0.2) is 24.3 Å². The molecule has 0 spiro atoms. The van der Waals surface area contributed by atoms with Gasteiger partial charge < -0.3 is 10.6 Å². The third-order valence-corrected chi connectivity index (χ3v) is 4.96. The van der Waals surface area contributed by atoms with E-state index in [9.17, 15) is 4.79 Å². The van der Waals surface area contributed by atoms with Crippen LogP contribution in [0.5, 0.6) is 0 Å². The number of amides is 1. The third-order valence-electron chi connectivity index (χ3n) is 4.70. The van der Waals surface area contributed by atoms with Gasteiger partial charge in [0.25, 0.3) is 0 Å². The van der Waals surface area contributed by atoms with Gasteiger partial charge in [0, 0.05) is 43.3 Å². The Labute approximate surface area is 138 Å². The highest BCUT2D eigenvalue weighted by atomic mass is 35.5. The van der Waals surface area contributed by atoms with E-state index in [0.717, 1.165) is 31.2 Å². The fraction of sp³-hybridized carbons (Fsp3) is 0.588. The number of nitrogens with two attached hydrogens (primary N) is 1. The fourth-order valence-corrected chi connectivity index (χ4v) is 2.92. The maximum absolute atomic E-state index is 12.3. The molecule has 0 aliphatic carbocycles. The Morgan fingerprint density at radius 1 is 1.09 bits per heavy atom. The topological polar surface area (TPSA) is 49.6 Å². The molecule has 1 aromatic rings. The SMILES string of the molecule is CC(N)C(C)C(=O)N1CCN(C(C)c2ccc(Cl)cc2)CC1. The lowest BCUT2D eigenvalue weighted by Gasteiger charge is -2.39. The third kappa shape index (κ3) is 4.00. The van der Waals surface area contributed by atoms with Gasteiger partial charge in [-0.15, -0.1) is 0 Å². The fourth-order valence-electron chi connectivity index (χ4n) is 2.79. The van der Waals surface area contributed by atoms with E-state index >= 15 is 0 Å². The average Bonchev–Trinajstić information content (AvgIpc) is 2.53. The minimum absolute atomic E-state index is 0.0986. The standard InChI is InChI=1S/C17H26ClN3O/c1-12(13(2)19)17(22)21-10-8-20(9-11-21)14(3)15-4-6-16(18)7-5-15/h4-7,12-14H,8-11,19H2,1-3H3. The summed E-state index contributed by atoms with van der Waals surface area (Å²) in [7, 11) is 0. The maximum Gasteiger partial charge on any atom is 0.227 e. The molecule has 2 N–H and O–H groups in total. The highest BCUT2D eigenvalue weighted by molar-refractivity contribution is 6.30. The maximum atomic E-state index is 12.3. The van der Waals surface area contributed by atoms with Crippen molar-refractivity contribution in [3.63, 3.8) is 0 Å². The summed E-state index contributed by atoms with van der Waals surface area (Å²) in [4.78, 5) is 16.7. The number of benzene rings is 1. The quantitative estimate of drug-likeness (QED) is 0.926. The van der Waals surface area contributed by atoms with Crippen molar-refractivity contribution in [3.8, 4) is 0 Å². The summed E-state index contributed by atoms with van der Waals surface area (Å²) >= 11 is 5.94. The molecule has 1 amide bonds. The zero-order chi connectivity index (χ0) is 16.3. The lowest BCUT2D eigenvalue weighted by atomic mass is 10.0. The molecule has 1 heterocycles. The Morgan fingerprint density at radius 3 is 2.14 bits per heavy atom. The van der Waals surface area contributed by atoms with Crippen LogP contribution < -0.4 is 5.73 Å².